The van der Waals surface area contributed by atoms with E-state index >= 15 is 0 Å². The Hall–Kier alpha value is -0.880. The van der Waals surface area contributed by atoms with E-state index in [1.165, 1.54) is 0 Å². The average molecular weight is 316 g/mol. The van der Waals surface area contributed by atoms with Gasteiger partial charge in [-0.05, 0) is 39.7 Å². The lowest BCUT2D eigenvalue weighted by Gasteiger charge is -2.14. The number of hydrogen-bond donors (Lipinski definition) is 2. The SMILES string of the molecule is Cn1ccc(C(NN)c2ccc(Cl)c(Br)c2)n1. The molecule has 1 atom stereocenters. The lowest BCUT2D eigenvalue weighted by Crippen LogP contribution is -2.29. The first-order valence-corrected chi connectivity index (χ1v) is 6.19. The molecule has 17 heavy (non-hydrogen) atoms. The number of nitrogens with two attached hydrogens (primary N) is 1. The highest BCUT2D eigenvalue weighted by atomic mass is 79.9. The van der Waals surface area contributed by atoms with Crippen LogP contribution in [0.3, 0.4) is 0 Å². The van der Waals surface area contributed by atoms with E-state index in [1.807, 2.05) is 37.5 Å². The van der Waals surface area contributed by atoms with Crippen LogP contribution in [0.5, 0.6) is 0 Å². The zero-order chi connectivity index (χ0) is 12.4. The number of nitrogens with one attached hydrogen (secondary N) is 1. The van der Waals surface area contributed by atoms with Crippen molar-refractivity contribution in [3.63, 3.8) is 0 Å². The minimum absolute atomic E-state index is 0.148. The highest BCUT2D eigenvalue weighted by molar-refractivity contribution is 9.10. The maximum absolute atomic E-state index is 5.96. The lowest BCUT2D eigenvalue weighted by atomic mass is 10.1. The Morgan fingerprint density at radius 3 is 2.76 bits per heavy atom. The number of nitrogens with zero attached hydrogens (tertiary/aromatic N) is 2. The molecule has 4 nitrogen and oxygen atoms in total. The minimum Gasteiger partial charge on any atom is -0.275 e. The van der Waals surface area contributed by atoms with Crippen molar-refractivity contribution < 1.29 is 0 Å². The number of hydrogen-bond acceptors (Lipinski definition) is 3. The fraction of sp³-hybridized carbons (Fsp3) is 0.182. The second-order valence-corrected chi connectivity index (χ2v) is 4.95. The van der Waals surface area contributed by atoms with E-state index in [2.05, 4.69) is 26.5 Å². The molecule has 1 aromatic heterocycles. The van der Waals surface area contributed by atoms with Gasteiger partial charge < -0.3 is 0 Å². The Morgan fingerprint density at radius 2 is 2.24 bits per heavy atom. The first kappa shape index (κ1) is 12.6. The van der Waals surface area contributed by atoms with Gasteiger partial charge in [-0.25, -0.2) is 5.43 Å². The van der Waals surface area contributed by atoms with E-state index < -0.39 is 0 Å². The Kier molecular flexibility index (Phi) is 3.83. The van der Waals surface area contributed by atoms with Crippen LogP contribution in [0.1, 0.15) is 17.3 Å². The molecule has 3 N–H and O–H groups in total. The Bertz CT molecular complexity index is 526. The first-order chi connectivity index (χ1) is 8.11. The highest BCUT2D eigenvalue weighted by Gasteiger charge is 2.15. The van der Waals surface area contributed by atoms with E-state index in [0.29, 0.717) is 5.02 Å². The molecule has 0 aliphatic carbocycles. The summed E-state index contributed by atoms with van der Waals surface area (Å²) in [6.07, 6.45) is 1.88. The highest BCUT2D eigenvalue weighted by Crippen LogP contribution is 2.28. The molecule has 90 valence electrons. The van der Waals surface area contributed by atoms with Crippen molar-refractivity contribution in [1.29, 1.82) is 0 Å². The third-order valence-corrected chi connectivity index (χ3v) is 3.69. The van der Waals surface area contributed by atoms with Gasteiger partial charge in [-0.1, -0.05) is 17.7 Å². The summed E-state index contributed by atoms with van der Waals surface area (Å²) in [5, 5.41) is 5.01. The van der Waals surface area contributed by atoms with Crippen LogP contribution in [0.15, 0.2) is 34.9 Å². The maximum Gasteiger partial charge on any atom is 0.0900 e. The van der Waals surface area contributed by atoms with Crippen LogP contribution in [0.4, 0.5) is 0 Å². The van der Waals surface area contributed by atoms with Crippen LogP contribution in [0.2, 0.25) is 5.02 Å². The number of rotatable bonds is 3. The third-order valence-electron chi connectivity index (χ3n) is 2.47. The number of halogens is 2. The molecule has 0 aliphatic rings. The molecular formula is C11H12BrClN4. The van der Waals surface area contributed by atoms with E-state index in [-0.39, 0.29) is 6.04 Å². The summed E-state index contributed by atoms with van der Waals surface area (Å²) in [5.41, 5.74) is 4.62. The van der Waals surface area contributed by atoms with Gasteiger partial charge in [0.05, 0.1) is 16.8 Å². The Morgan fingerprint density at radius 1 is 1.47 bits per heavy atom. The molecule has 0 fully saturated rings. The van der Waals surface area contributed by atoms with Gasteiger partial charge in [-0.2, -0.15) is 5.10 Å². The maximum atomic E-state index is 5.96. The van der Waals surface area contributed by atoms with Crippen molar-refractivity contribution in [3.05, 3.63) is 51.2 Å². The Labute approximate surface area is 113 Å². The number of aryl methyl sites for hydroxylation is 1. The molecule has 2 aromatic rings. The van der Waals surface area contributed by atoms with E-state index in [1.54, 1.807) is 4.68 Å². The second-order valence-electron chi connectivity index (χ2n) is 3.69. The molecule has 0 radical (unpaired) electrons. The van der Waals surface area contributed by atoms with Crippen molar-refractivity contribution in [2.24, 2.45) is 12.9 Å². The van der Waals surface area contributed by atoms with Crippen LogP contribution in [0, 0.1) is 0 Å². The molecule has 0 saturated carbocycles. The fourth-order valence-corrected chi connectivity index (χ4v) is 2.15. The monoisotopic (exact) mass is 314 g/mol. The molecule has 0 amide bonds. The van der Waals surface area contributed by atoms with E-state index in [0.717, 1.165) is 15.7 Å². The summed E-state index contributed by atoms with van der Waals surface area (Å²) in [4.78, 5) is 0. The molecule has 0 saturated heterocycles. The summed E-state index contributed by atoms with van der Waals surface area (Å²) in [6, 6.07) is 7.46. The molecule has 1 unspecified atom stereocenters. The zero-order valence-electron chi connectivity index (χ0n) is 9.19. The van der Waals surface area contributed by atoms with E-state index in [9.17, 15) is 0 Å². The van der Waals surface area contributed by atoms with Crippen molar-refractivity contribution >= 4 is 27.5 Å². The lowest BCUT2D eigenvalue weighted by molar-refractivity contribution is 0.603. The predicted octanol–water partition coefficient (Wildman–Crippen LogP) is 2.39. The van der Waals surface area contributed by atoms with Crippen molar-refractivity contribution in [2.45, 2.75) is 6.04 Å². The van der Waals surface area contributed by atoms with Gasteiger partial charge in [0.15, 0.2) is 0 Å². The Balaban J connectivity index is 2.38. The summed E-state index contributed by atoms with van der Waals surface area (Å²) >= 11 is 9.36. The number of benzene rings is 1. The van der Waals surface area contributed by atoms with Crippen LogP contribution in [-0.4, -0.2) is 9.78 Å². The molecule has 1 heterocycles. The summed E-state index contributed by atoms with van der Waals surface area (Å²) < 4.78 is 2.58. The average Bonchev–Trinajstić information content (AvgIpc) is 2.71. The zero-order valence-corrected chi connectivity index (χ0v) is 11.5. The summed E-state index contributed by atoms with van der Waals surface area (Å²) in [5.74, 6) is 5.59. The van der Waals surface area contributed by atoms with Crippen LogP contribution >= 0.6 is 27.5 Å². The van der Waals surface area contributed by atoms with Gasteiger partial charge in [0, 0.05) is 17.7 Å². The molecule has 0 bridgehead atoms. The van der Waals surface area contributed by atoms with Crippen molar-refractivity contribution in [1.82, 2.24) is 15.2 Å². The standard InChI is InChI=1S/C11H12BrClN4/c1-17-5-4-10(16-17)11(15-14)7-2-3-9(13)8(12)6-7/h2-6,11,15H,14H2,1H3. The van der Waals surface area contributed by atoms with Crippen molar-refractivity contribution in [2.75, 3.05) is 0 Å². The fourth-order valence-electron chi connectivity index (χ4n) is 1.63. The molecule has 1 aromatic carbocycles. The largest absolute Gasteiger partial charge is 0.275 e. The van der Waals surface area contributed by atoms with E-state index in [4.69, 9.17) is 17.4 Å². The van der Waals surface area contributed by atoms with Gasteiger partial charge in [0.1, 0.15) is 0 Å². The van der Waals surface area contributed by atoms with Crippen LogP contribution < -0.4 is 11.3 Å². The third kappa shape index (κ3) is 2.69. The smallest absolute Gasteiger partial charge is 0.0900 e. The minimum atomic E-state index is -0.148. The number of hydrazine groups is 1. The summed E-state index contributed by atoms with van der Waals surface area (Å²) in [6.45, 7) is 0. The number of aromatic nitrogens is 2. The molecular weight excluding hydrogens is 304 g/mol. The first-order valence-electron chi connectivity index (χ1n) is 5.02. The van der Waals surface area contributed by atoms with Gasteiger partial charge in [-0.15, -0.1) is 0 Å². The topological polar surface area (TPSA) is 55.9 Å². The molecule has 0 spiro atoms. The molecule has 2 rings (SSSR count). The summed E-state index contributed by atoms with van der Waals surface area (Å²) in [7, 11) is 1.87. The molecule has 0 aliphatic heterocycles. The van der Waals surface area contributed by atoms with Crippen LogP contribution in [-0.2, 0) is 7.05 Å². The van der Waals surface area contributed by atoms with Gasteiger partial charge in [0.25, 0.3) is 0 Å². The second kappa shape index (κ2) is 5.18. The normalized spacial score (nSPS) is 12.7. The van der Waals surface area contributed by atoms with Gasteiger partial charge in [-0.3, -0.25) is 10.5 Å². The van der Waals surface area contributed by atoms with Crippen LogP contribution in [0.25, 0.3) is 0 Å². The molecule has 6 heteroatoms. The van der Waals surface area contributed by atoms with Crippen molar-refractivity contribution in [3.8, 4) is 0 Å². The van der Waals surface area contributed by atoms with Gasteiger partial charge >= 0.3 is 0 Å². The predicted molar refractivity (Wildman–Crippen MR) is 71.5 cm³/mol. The van der Waals surface area contributed by atoms with Gasteiger partial charge in [0.2, 0.25) is 0 Å². The quantitative estimate of drug-likeness (QED) is 0.675.